The van der Waals surface area contributed by atoms with Gasteiger partial charge in [0.15, 0.2) is 11.5 Å². The molecular formula is C26H32N2O6. The number of Topliss-reactive ketones (excluding diaryl/α,β-unsaturated/α-hetero) is 1. The first kappa shape index (κ1) is 25.1. The van der Waals surface area contributed by atoms with Crippen LogP contribution in [-0.4, -0.2) is 74.6 Å². The molecule has 2 aromatic carbocycles. The number of likely N-dealkylation sites (tertiary alicyclic amines) is 1. The highest BCUT2D eigenvalue weighted by atomic mass is 16.5. The van der Waals surface area contributed by atoms with E-state index in [0.717, 1.165) is 5.56 Å². The highest BCUT2D eigenvalue weighted by Gasteiger charge is 2.46. The van der Waals surface area contributed by atoms with Crippen molar-refractivity contribution < 1.29 is 28.9 Å². The van der Waals surface area contributed by atoms with Gasteiger partial charge in [-0.1, -0.05) is 6.07 Å². The molecule has 1 aliphatic heterocycles. The SMILES string of the molecule is CCOc1ccc(/C(O)=C2/C(=O)C(=O)N(CCN(C)C)C2c2ccc(OC)c(OC)c2)cc1C. The lowest BCUT2D eigenvalue weighted by Crippen LogP contribution is -2.35. The van der Waals surface area contributed by atoms with Gasteiger partial charge in [0.2, 0.25) is 0 Å². The molecule has 34 heavy (non-hydrogen) atoms. The van der Waals surface area contributed by atoms with E-state index in [0.29, 0.717) is 48.1 Å². The van der Waals surface area contributed by atoms with Crippen LogP contribution in [0.3, 0.4) is 0 Å². The van der Waals surface area contributed by atoms with Crippen molar-refractivity contribution in [3.63, 3.8) is 0 Å². The summed E-state index contributed by atoms with van der Waals surface area (Å²) in [4.78, 5) is 29.7. The molecule has 1 unspecified atom stereocenters. The van der Waals surface area contributed by atoms with Crippen molar-refractivity contribution in [2.45, 2.75) is 19.9 Å². The summed E-state index contributed by atoms with van der Waals surface area (Å²) in [5.74, 6) is 0.0979. The van der Waals surface area contributed by atoms with Gasteiger partial charge >= 0.3 is 0 Å². The fourth-order valence-electron chi connectivity index (χ4n) is 4.06. The van der Waals surface area contributed by atoms with Crippen LogP contribution in [0.15, 0.2) is 42.0 Å². The van der Waals surface area contributed by atoms with Gasteiger partial charge in [-0.05, 0) is 69.4 Å². The average Bonchev–Trinajstić information content (AvgIpc) is 3.07. The summed E-state index contributed by atoms with van der Waals surface area (Å²) in [7, 11) is 6.84. The summed E-state index contributed by atoms with van der Waals surface area (Å²) in [6.07, 6.45) is 0. The number of aliphatic hydroxyl groups excluding tert-OH is 1. The molecule has 1 atom stereocenters. The van der Waals surface area contributed by atoms with E-state index >= 15 is 0 Å². The number of nitrogens with zero attached hydrogens (tertiary/aromatic N) is 2. The number of aryl methyl sites for hydroxylation is 1. The zero-order chi connectivity index (χ0) is 25.0. The predicted octanol–water partition coefficient (Wildman–Crippen LogP) is 3.39. The molecule has 1 amide bonds. The van der Waals surface area contributed by atoms with E-state index in [1.165, 1.54) is 19.1 Å². The topological polar surface area (TPSA) is 88.5 Å². The second kappa shape index (κ2) is 10.6. The van der Waals surface area contributed by atoms with Crippen LogP contribution >= 0.6 is 0 Å². The third-order valence-corrected chi connectivity index (χ3v) is 5.80. The Kier molecular flexibility index (Phi) is 7.83. The number of hydrogen-bond donors (Lipinski definition) is 1. The van der Waals surface area contributed by atoms with Crippen LogP contribution in [0.25, 0.3) is 5.76 Å². The minimum atomic E-state index is -0.772. The lowest BCUT2D eigenvalue weighted by molar-refractivity contribution is -0.140. The molecule has 2 aromatic rings. The smallest absolute Gasteiger partial charge is 0.295 e. The van der Waals surface area contributed by atoms with Crippen LogP contribution < -0.4 is 14.2 Å². The standard InChI is InChI=1S/C26H32N2O6/c1-7-34-19-10-9-18(14-16(19)2)24(29)22-23(17-8-11-20(32-5)21(15-17)33-6)28(13-12-27(3)4)26(31)25(22)30/h8-11,14-15,23,29H,7,12-13H2,1-6H3/b24-22-. The van der Waals surface area contributed by atoms with Gasteiger partial charge < -0.3 is 29.1 Å². The molecule has 1 aliphatic rings. The number of rotatable bonds is 9. The number of likely N-dealkylation sites (N-methyl/N-ethyl adjacent to an activating group) is 1. The molecule has 3 rings (SSSR count). The van der Waals surface area contributed by atoms with Gasteiger partial charge in [-0.3, -0.25) is 9.59 Å². The summed E-state index contributed by atoms with van der Waals surface area (Å²) < 4.78 is 16.4. The van der Waals surface area contributed by atoms with Crippen LogP contribution in [0.4, 0.5) is 0 Å². The molecule has 1 fully saturated rings. The van der Waals surface area contributed by atoms with Crippen LogP contribution in [0.1, 0.15) is 29.7 Å². The number of ketones is 1. The Hall–Kier alpha value is -3.52. The van der Waals surface area contributed by atoms with Crippen molar-refractivity contribution in [2.24, 2.45) is 0 Å². The summed E-state index contributed by atoms with van der Waals surface area (Å²) in [5, 5.41) is 11.3. The van der Waals surface area contributed by atoms with Gasteiger partial charge in [0, 0.05) is 18.7 Å². The van der Waals surface area contributed by atoms with Crippen molar-refractivity contribution in [1.29, 1.82) is 0 Å². The molecule has 0 aromatic heterocycles. The maximum Gasteiger partial charge on any atom is 0.295 e. The quantitative estimate of drug-likeness (QED) is 0.343. The second-order valence-electron chi connectivity index (χ2n) is 8.32. The minimum absolute atomic E-state index is 0.0412. The number of methoxy groups -OCH3 is 2. The lowest BCUT2D eigenvalue weighted by atomic mass is 9.94. The molecule has 182 valence electrons. The Bertz CT molecular complexity index is 1110. The summed E-state index contributed by atoms with van der Waals surface area (Å²) in [6.45, 7) is 5.14. The van der Waals surface area contributed by atoms with Crippen LogP contribution in [0, 0.1) is 6.92 Å². The normalized spacial score (nSPS) is 17.4. The first-order valence-corrected chi connectivity index (χ1v) is 11.1. The Morgan fingerprint density at radius 2 is 1.71 bits per heavy atom. The first-order valence-electron chi connectivity index (χ1n) is 11.1. The van der Waals surface area contributed by atoms with E-state index in [9.17, 15) is 14.7 Å². The largest absolute Gasteiger partial charge is 0.507 e. The van der Waals surface area contributed by atoms with Crippen molar-refractivity contribution in [2.75, 3.05) is 48.0 Å². The summed E-state index contributed by atoms with van der Waals surface area (Å²) in [6, 6.07) is 9.65. The van der Waals surface area contributed by atoms with Gasteiger partial charge in [0.05, 0.1) is 32.4 Å². The number of aliphatic hydroxyl groups is 1. The van der Waals surface area contributed by atoms with Crippen molar-refractivity contribution in [1.82, 2.24) is 9.80 Å². The molecule has 1 saturated heterocycles. The molecule has 1 heterocycles. The molecule has 1 N–H and O–H groups in total. The third-order valence-electron chi connectivity index (χ3n) is 5.80. The first-order chi connectivity index (χ1) is 16.2. The highest BCUT2D eigenvalue weighted by molar-refractivity contribution is 6.46. The number of benzene rings is 2. The number of ether oxygens (including phenoxy) is 3. The fourth-order valence-corrected chi connectivity index (χ4v) is 4.06. The fraction of sp³-hybridized carbons (Fsp3) is 0.385. The van der Waals surface area contributed by atoms with Crippen molar-refractivity contribution in [3.05, 3.63) is 58.7 Å². The van der Waals surface area contributed by atoms with Gasteiger partial charge in [0.1, 0.15) is 11.5 Å². The van der Waals surface area contributed by atoms with Crippen LogP contribution in [0.2, 0.25) is 0 Å². The van der Waals surface area contributed by atoms with E-state index < -0.39 is 17.7 Å². The number of hydrogen-bond acceptors (Lipinski definition) is 7. The maximum atomic E-state index is 13.2. The molecule has 0 spiro atoms. The zero-order valence-electron chi connectivity index (χ0n) is 20.5. The molecule has 8 heteroatoms. The van der Waals surface area contributed by atoms with Crippen molar-refractivity contribution >= 4 is 17.4 Å². The Morgan fingerprint density at radius 1 is 1.03 bits per heavy atom. The van der Waals surface area contributed by atoms with Gasteiger partial charge in [0.25, 0.3) is 11.7 Å². The molecule has 0 aliphatic carbocycles. The highest BCUT2D eigenvalue weighted by Crippen LogP contribution is 2.42. The van der Waals surface area contributed by atoms with Gasteiger partial charge in [-0.25, -0.2) is 0 Å². The number of amides is 1. The summed E-state index contributed by atoms with van der Waals surface area (Å²) in [5.41, 5.74) is 1.94. The van der Waals surface area contributed by atoms with E-state index in [2.05, 4.69) is 0 Å². The van der Waals surface area contributed by atoms with Crippen LogP contribution in [-0.2, 0) is 9.59 Å². The Morgan fingerprint density at radius 3 is 2.29 bits per heavy atom. The zero-order valence-corrected chi connectivity index (χ0v) is 20.5. The minimum Gasteiger partial charge on any atom is -0.507 e. The predicted molar refractivity (Wildman–Crippen MR) is 129 cm³/mol. The van der Waals surface area contributed by atoms with E-state index in [4.69, 9.17) is 14.2 Å². The number of carbonyl (C=O) groups excluding carboxylic acids is 2. The second-order valence-corrected chi connectivity index (χ2v) is 8.32. The molecule has 8 nitrogen and oxygen atoms in total. The van der Waals surface area contributed by atoms with Gasteiger partial charge in [-0.15, -0.1) is 0 Å². The van der Waals surface area contributed by atoms with Crippen LogP contribution in [0.5, 0.6) is 17.2 Å². The molecular weight excluding hydrogens is 436 g/mol. The van der Waals surface area contributed by atoms with E-state index in [1.807, 2.05) is 32.8 Å². The molecule has 0 bridgehead atoms. The molecule has 0 radical (unpaired) electrons. The van der Waals surface area contributed by atoms with E-state index in [-0.39, 0.29) is 11.3 Å². The van der Waals surface area contributed by atoms with E-state index in [1.54, 1.807) is 36.4 Å². The monoisotopic (exact) mass is 468 g/mol. The average molecular weight is 469 g/mol. The Balaban J connectivity index is 2.17. The maximum absolute atomic E-state index is 13.2. The van der Waals surface area contributed by atoms with Crippen molar-refractivity contribution in [3.8, 4) is 17.2 Å². The summed E-state index contributed by atoms with van der Waals surface area (Å²) >= 11 is 0. The number of carbonyl (C=O) groups is 2. The third kappa shape index (κ3) is 4.87. The Labute approximate surface area is 200 Å². The lowest BCUT2D eigenvalue weighted by Gasteiger charge is -2.27. The molecule has 0 saturated carbocycles. The van der Waals surface area contributed by atoms with Gasteiger partial charge in [-0.2, -0.15) is 0 Å².